The highest BCUT2D eigenvalue weighted by atomic mass is 16.2. The van der Waals surface area contributed by atoms with E-state index in [9.17, 15) is 9.59 Å². The van der Waals surface area contributed by atoms with E-state index in [-0.39, 0.29) is 11.8 Å². The number of fused-ring (bicyclic) bond motifs is 1. The molecule has 21 heavy (non-hydrogen) atoms. The lowest BCUT2D eigenvalue weighted by molar-refractivity contribution is -0.121. The van der Waals surface area contributed by atoms with Crippen LogP contribution in [0.1, 0.15) is 30.8 Å². The molecule has 2 rings (SSSR count). The summed E-state index contributed by atoms with van der Waals surface area (Å²) in [6, 6.07) is 9.56. The van der Waals surface area contributed by atoms with Crippen molar-refractivity contribution >= 4 is 22.7 Å². The zero-order chi connectivity index (χ0) is 15.2. The molecule has 2 amide bonds. The molecule has 1 aromatic carbocycles. The molecule has 0 aliphatic heterocycles. The molecule has 0 aliphatic rings. The van der Waals surface area contributed by atoms with Gasteiger partial charge in [0.2, 0.25) is 5.91 Å². The SMILES string of the molecule is CC(C)CC(=O)NCCNC(=O)c1cc2ccccc2[nH]1. The summed E-state index contributed by atoms with van der Waals surface area (Å²) in [4.78, 5) is 26.5. The average molecular weight is 287 g/mol. The predicted octanol–water partition coefficient (Wildman–Crippen LogP) is 2.06. The van der Waals surface area contributed by atoms with Crippen molar-refractivity contribution in [2.45, 2.75) is 20.3 Å². The summed E-state index contributed by atoms with van der Waals surface area (Å²) < 4.78 is 0. The number of benzene rings is 1. The fourth-order valence-corrected chi connectivity index (χ4v) is 2.11. The summed E-state index contributed by atoms with van der Waals surface area (Å²) in [5, 5.41) is 6.57. The maximum atomic E-state index is 12.0. The molecule has 0 saturated heterocycles. The van der Waals surface area contributed by atoms with Crippen molar-refractivity contribution in [1.29, 1.82) is 0 Å². The first-order valence-electron chi connectivity index (χ1n) is 7.19. The zero-order valence-corrected chi connectivity index (χ0v) is 12.4. The third-order valence-electron chi connectivity index (χ3n) is 3.10. The Hall–Kier alpha value is -2.30. The second-order valence-electron chi connectivity index (χ2n) is 5.47. The van der Waals surface area contributed by atoms with E-state index < -0.39 is 0 Å². The first-order chi connectivity index (χ1) is 10.1. The third kappa shape index (κ3) is 4.34. The van der Waals surface area contributed by atoms with Crippen molar-refractivity contribution in [3.8, 4) is 0 Å². The second kappa shape index (κ2) is 6.92. The minimum Gasteiger partial charge on any atom is -0.354 e. The molecule has 0 unspecified atom stereocenters. The first-order valence-corrected chi connectivity index (χ1v) is 7.19. The lowest BCUT2D eigenvalue weighted by atomic mass is 10.1. The van der Waals surface area contributed by atoms with E-state index >= 15 is 0 Å². The molecule has 0 fully saturated rings. The predicted molar refractivity (Wildman–Crippen MR) is 83.1 cm³/mol. The molecule has 3 N–H and O–H groups in total. The van der Waals surface area contributed by atoms with Gasteiger partial charge in [0.25, 0.3) is 5.91 Å². The van der Waals surface area contributed by atoms with E-state index in [4.69, 9.17) is 0 Å². The van der Waals surface area contributed by atoms with Crippen LogP contribution in [0.4, 0.5) is 0 Å². The molecule has 0 saturated carbocycles. The summed E-state index contributed by atoms with van der Waals surface area (Å²) >= 11 is 0. The van der Waals surface area contributed by atoms with Crippen LogP contribution in [-0.4, -0.2) is 29.9 Å². The van der Waals surface area contributed by atoms with Crippen molar-refractivity contribution in [2.24, 2.45) is 5.92 Å². The Morgan fingerprint density at radius 3 is 2.57 bits per heavy atom. The number of carbonyl (C=O) groups is 2. The van der Waals surface area contributed by atoms with Crippen molar-refractivity contribution in [3.05, 3.63) is 36.0 Å². The highest BCUT2D eigenvalue weighted by Gasteiger charge is 2.09. The van der Waals surface area contributed by atoms with Gasteiger partial charge in [-0.15, -0.1) is 0 Å². The van der Waals surface area contributed by atoms with Crippen LogP contribution >= 0.6 is 0 Å². The number of aromatic amines is 1. The van der Waals surface area contributed by atoms with Gasteiger partial charge >= 0.3 is 0 Å². The molecule has 2 aromatic rings. The average Bonchev–Trinajstić information content (AvgIpc) is 2.86. The quantitative estimate of drug-likeness (QED) is 0.711. The van der Waals surface area contributed by atoms with Crippen LogP contribution in [0.3, 0.4) is 0 Å². The number of hydrogen-bond acceptors (Lipinski definition) is 2. The number of aromatic nitrogens is 1. The summed E-state index contributed by atoms with van der Waals surface area (Å²) in [5.74, 6) is 0.195. The number of hydrogen-bond donors (Lipinski definition) is 3. The topological polar surface area (TPSA) is 74.0 Å². The number of rotatable bonds is 6. The maximum Gasteiger partial charge on any atom is 0.267 e. The van der Waals surface area contributed by atoms with Gasteiger partial charge in [0, 0.05) is 30.4 Å². The molecule has 1 aromatic heterocycles. The van der Waals surface area contributed by atoms with E-state index in [1.54, 1.807) is 0 Å². The van der Waals surface area contributed by atoms with Gasteiger partial charge in [-0.05, 0) is 18.1 Å². The molecule has 0 atom stereocenters. The zero-order valence-electron chi connectivity index (χ0n) is 12.4. The number of nitrogens with one attached hydrogen (secondary N) is 3. The Labute approximate surface area is 124 Å². The van der Waals surface area contributed by atoms with Crippen LogP contribution in [0, 0.1) is 5.92 Å². The maximum absolute atomic E-state index is 12.0. The summed E-state index contributed by atoms with van der Waals surface area (Å²) in [7, 11) is 0. The van der Waals surface area contributed by atoms with Crippen molar-refractivity contribution in [3.63, 3.8) is 0 Å². The molecule has 112 valence electrons. The van der Waals surface area contributed by atoms with E-state index in [0.29, 0.717) is 31.1 Å². The van der Waals surface area contributed by atoms with E-state index in [0.717, 1.165) is 10.9 Å². The molecular formula is C16H21N3O2. The summed E-state index contributed by atoms with van der Waals surface area (Å²) in [5.41, 5.74) is 1.47. The van der Waals surface area contributed by atoms with Gasteiger partial charge in [-0.3, -0.25) is 9.59 Å². The highest BCUT2D eigenvalue weighted by Crippen LogP contribution is 2.14. The Morgan fingerprint density at radius 1 is 1.14 bits per heavy atom. The molecule has 5 heteroatoms. The van der Waals surface area contributed by atoms with Crippen LogP contribution in [0.25, 0.3) is 10.9 Å². The minimum absolute atomic E-state index is 0.0184. The van der Waals surface area contributed by atoms with Crippen LogP contribution in [0.2, 0.25) is 0 Å². The van der Waals surface area contributed by atoms with Crippen LogP contribution in [0.5, 0.6) is 0 Å². The van der Waals surface area contributed by atoms with Crippen LogP contribution in [0.15, 0.2) is 30.3 Å². The first kappa shape index (κ1) is 15.1. The van der Waals surface area contributed by atoms with E-state index in [1.165, 1.54) is 0 Å². The van der Waals surface area contributed by atoms with Gasteiger partial charge < -0.3 is 15.6 Å². The Kier molecular flexibility index (Phi) is 4.98. The van der Waals surface area contributed by atoms with Crippen molar-refractivity contribution in [1.82, 2.24) is 15.6 Å². The van der Waals surface area contributed by atoms with Crippen LogP contribution in [-0.2, 0) is 4.79 Å². The van der Waals surface area contributed by atoms with Gasteiger partial charge in [-0.1, -0.05) is 32.0 Å². The second-order valence-corrected chi connectivity index (χ2v) is 5.47. The van der Waals surface area contributed by atoms with E-state index in [1.807, 2.05) is 44.2 Å². The number of carbonyl (C=O) groups excluding carboxylic acids is 2. The molecule has 0 aliphatic carbocycles. The van der Waals surface area contributed by atoms with E-state index in [2.05, 4.69) is 15.6 Å². The Morgan fingerprint density at radius 2 is 1.86 bits per heavy atom. The van der Waals surface area contributed by atoms with Gasteiger partial charge in [0.1, 0.15) is 5.69 Å². The van der Waals surface area contributed by atoms with Gasteiger partial charge in [-0.25, -0.2) is 0 Å². The summed E-state index contributed by atoms with van der Waals surface area (Å²) in [6.45, 7) is 4.85. The molecule has 0 radical (unpaired) electrons. The smallest absolute Gasteiger partial charge is 0.267 e. The Balaban J connectivity index is 1.78. The van der Waals surface area contributed by atoms with Crippen molar-refractivity contribution < 1.29 is 9.59 Å². The lowest BCUT2D eigenvalue weighted by Crippen LogP contribution is -2.35. The molecule has 0 bridgehead atoms. The minimum atomic E-state index is -0.163. The standard InChI is InChI=1S/C16H21N3O2/c1-11(2)9-15(20)17-7-8-18-16(21)14-10-12-5-3-4-6-13(12)19-14/h3-6,10-11,19H,7-9H2,1-2H3,(H,17,20)(H,18,21). The fourth-order valence-electron chi connectivity index (χ4n) is 2.11. The molecule has 0 spiro atoms. The van der Waals surface area contributed by atoms with Crippen LogP contribution < -0.4 is 10.6 Å². The number of H-pyrrole nitrogens is 1. The summed E-state index contributed by atoms with van der Waals surface area (Å²) in [6.07, 6.45) is 0.510. The van der Waals surface area contributed by atoms with Crippen molar-refractivity contribution in [2.75, 3.05) is 13.1 Å². The lowest BCUT2D eigenvalue weighted by Gasteiger charge is -2.07. The molecular weight excluding hydrogens is 266 g/mol. The van der Waals surface area contributed by atoms with Gasteiger partial charge in [0.15, 0.2) is 0 Å². The van der Waals surface area contributed by atoms with Gasteiger partial charge in [0.05, 0.1) is 0 Å². The monoisotopic (exact) mass is 287 g/mol. The largest absolute Gasteiger partial charge is 0.354 e. The normalized spacial score (nSPS) is 10.8. The molecule has 5 nitrogen and oxygen atoms in total. The number of amides is 2. The third-order valence-corrected chi connectivity index (χ3v) is 3.10. The molecule has 1 heterocycles. The fraction of sp³-hybridized carbons (Fsp3) is 0.375. The Bertz CT molecular complexity index is 598. The van der Waals surface area contributed by atoms with Gasteiger partial charge in [-0.2, -0.15) is 0 Å². The highest BCUT2D eigenvalue weighted by molar-refractivity contribution is 5.97. The number of para-hydroxylation sites is 1.